The lowest BCUT2D eigenvalue weighted by molar-refractivity contribution is 0.0864. The summed E-state index contributed by atoms with van der Waals surface area (Å²) in [4.78, 5) is 14.0. The van der Waals surface area contributed by atoms with Crippen molar-refractivity contribution in [3.63, 3.8) is 0 Å². The highest BCUT2D eigenvalue weighted by Crippen LogP contribution is 2.32. The lowest BCUT2D eigenvalue weighted by atomic mass is 9.79. The average Bonchev–Trinajstić information content (AvgIpc) is 3.10. The van der Waals surface area contributed by atoms with Gasteiger partial charge in [-0.05, 0) is 44.4 Å². The number of nitrogens with one attached hydrogen (secondary N) is 1. The Hall–Kier alpha value is -1.63. The SMILES string of the molecule is CCNC(=NCc1noc(C)n1)N1CCN(C2CCC(C(C)C)CC2)CC1. The summed E-state index contributed by atoms with van der Waals surface area (Å²) in [5.74, 6) is 3.96. The van der Waals surface area contributed by atoms with Crippen LogP contribution in [-0.4, -0.2) is 64.7 Å². The van der Waals surface area contributed by atoms with Crippen molar-refractivity contribution in [3.8, 4) is 0 Å². The maximum absolute atomic E-state index is 5.03. The van der Waals surface area contributed by atoms with Gasteiger partial charge in [0.25, 0.3) is 0 Å². The van der Waals surface area contributed by atoms with Crippen molar-refractivity contribution in [3.05, 3.63) is 11.7 Å². The molecule has 0 aromatic carbocycles. The van der Waals surface area contributed by atoms with Crippen LogP contribution in [0.2, 0.25) is 0 Å². The Bertz CT molecular complexity index is 597. The molecule has 0 spiro atoms. The largest absolute Gasteiger partial charge is 0.357 e. The molecule has 3 rings (SSSR count). The lowest BCUT2D eigenvalue weighted by Gasteiger charge is -2.43. The van der Waals surface area contributed by atoms with E-state index in [0.717, 1.165) is 56.6 Å². The Morgan fingerprint density at radius 2 is 1.89 bits per heavy atom. The molecule has 1 saturated carbocycles. The van der Waals surface area contributed by atoms with E-state index in [-0.39, 0.29) is 0 Å². The molecular weight excluding hydrogens is 340 g/mol. The molecule has 1 saturated heterocycles. The van der Waals surface area contributed by atoms with E-state index in [1.165, 1.54) is 25.7 Å². The highest BCUT2D eigenvalue weighted by Gasteiger charge is 2.29. The number of aliphatic imine (C=N–C) groups is 1. The number of guanidine groups is 1. The molecular formula is C20H36N6O. The Balaban J connectivity index is 1.50. The molecule has 152 valence electrons. The van der Waals surface area contributed by atoms with Crippen LogP contribution in [0, 0.1) is 18.8 Å². The van der Waals surface area contributed by atoms with E-state index in [9.17, 15) is 0 Å². The van der Waals surface area contributed by atoms with Crippen LogP contribution in [0.15, 0.2) is 9.52 Å². The summed E-state index contributed by atoms with van der Waals surface area (Å²) < 4.78 is 5.03. The van der Waals surface area contributed by atoms with Gasteiger partial charge in [0, 0.05) is 45.7 Å². The Morgan fingerprint density at radius 1 is 1.19 bits per heavy atom. The van der Waals surface area contributed by atoms with Crippen LogP contribution >= 0.6 is 0 Å². The summed E-state index contributed by atoms with van der Waals surface area (Å²) in [6.07, 6.45) is 5.54. The first-order valence-corrected chi connectivity index (χ1v) is 10.6. The molecule has 1 aromatic heterocycles. The van der Waals surface area contributed by atoms with Gasteiger partial charge < -0.3 is 14.7 Å². The van der Waals surface area contributed by atoms with Gasteiger partial charge in [-0.15, -0.1) is 0 Å². The normalized spacial score (nSPS) is 25.2. The summed E-state index contributed by atoms with van der Waals surface area (Å²) >= 11 is 0. The highest BCUT2D eigenvalue weighted by atomic mass is 16.5. The minimum Gasteiger partial charge on any atom is -0.357 e. The maximum Gasteiger partial charge on any atom is 0.223 e. The van der Waals surface area contributed by atoms with E-state index < -0.39 is 0 Å². The molecule has 0 atom stereocenters. The fraction of sp³-hybridized carbons (Fsp3) is 0.850. The van der Waals surface area contributed by atoms with E-state index in [1.807, 2.05) is 0 Å². The van der Waals surface area contributed by atoms with E-state index in [2.05, 4.69) is 46.0 Å². The Kier molecular flexibility index (Phi) is 7.10. The molecule has 0 unspecified atom stereocenters. The zero-order valence-corrected chi connectivity index (χ0v) is 17.4. The van der Waals surface area contributed by atoms with Gasteiger partial charge in [-0.2, -0.15) is 4.98 Å². The van der Waals surface area contributed by atoms with Gasteiger partial charge in [0.15, 0.2) is 11.8 Å². The molecule has 0 amide bonds. The summed E-state index contributed by atoms with van der Waals surface area (Å²) in [6.45, 7) is 14.3. The summed E-state index contributed by atoms with van der Waals surface area (Å²) in [6, 6.07) is 0.781. The summed E-state index contributed by atoms with van der Waals surface area (Å²) in [7, 11) is 0. The maximum atomic E-state index is 5.03. The van der Waals surface area contributed by atoms with Crippen LogP contribution in [0.4, 0.5) is 0 Å². The van der Waals surface area contributed by atoms with Crippen molar-refractivity contribution in [2.45, 2.75) is 66.0 Å². The average molecular weight is 377 g/mol. The number of hydrogen-bond acceptors (Lipinski definition) is 5. The number of aryl methyl sites for hydroxylation is 1. The quantitative estimate of drug-likeness (QED) is 0.629. The zero-order valence-electron chi connectivity index (χ0n) is 17.4. The molecule has 1 aromatic rings. The molecule has 7 heteroatoms. The van der Waals surface area contributed by atoms with Crippen molar-refractivity contribution >= 4 is 5.96 Å². The monoisotopic (exact) mass is 376 g/mol. The smallest absolute Gasteiger partial charge is 0.223 e. The minimum absolute atomic E-state index is 0.457. The topological polar surface area (TPSA) is 69.8 Å². The van der Waals surface area contributed by atoms with Gasteiger partial charge in [0.05, 0.1) is 0 Å². The second-order valence-corrected chi connectivity index (χ2v) is 8.24. The number of aromatic nitrogens is 2. The predicted molar refractivity (Wildman–Crippen MR) is 108 cm³/mol. The fourth-order valence-electron chi connectivity index (χ4n) is 4.41. The number of piperazine rings is 1. The third kappa shape index (κ3) is 5.43. The number of nitrogens with zero attached hydrogens (tertiary/aromatic N) is 5. The van der Waals surface area contributed by atoms with Crippen LogP contribution < -0.4 is 5.32 Å². The minimum atomic E-state index is 0.457. The third-order valence-electron chi connectivity index (χ3n) is 6.09. The van der Waals surface area contributed by atoms with Crippen LogP contribution in [0.25, 0.3) is 0 Å². The first-order valence-electron chi connectivity index (χ1n) is 10.6. The molecule has 1 N–H and O–H groups in total. The Labute approximate surface area is 163 Å². The predicted octanol–water partition coefficient (Wildman–Crippen LogP) is 2.68. The Morgan fingerprint density at radius 3 is 2.44 bits per heavy atom. The fourth-order valence-corrected chi connectivity index (χ4v) is 4.41. The van der Waals surface area contributed by atoms with Gasteiger partial charge in [-0.1, -0.05) is 19.0 Å². The van der Waals surface area contributed by atoms with Crippen molar-refractivity contribution in [1.29, 1.82) is 0 Å². The molecule has 1 aliphatic carbocycles. The van der Waals surface area contributed by atoms with Crippen molar-refractivity contribution < 1.29 is 4.52 Å². The molecule has 7 nitrogen and oxygen atoms in total. The molecule has 0 radical (unpaired) electrons. The summed E-state index contributed by atoms with van der Waals surface area (Å²) in [5.41, 5.74) is 0. The van der Waals surface area contributed by atoms with Crippen LogP contribution in [0.3, 0.4) is 0 Å². The first-order chi connectivity index (χ1) is 13.1. The van der Waals surface area contributed by atoms with Crippen molar-refractivity contribution in [2.75, 3.05) is 32.7 Å². The summed E-state index contributed by atoms with van der Waals surface area (Å²) in [5, 5.41) is 7.35. The van der Waals surface area contributed by atoms with Gasteiger partial charge >= 0.3 is 0 Å². The molecule has 2 heterocycles. The van der Waals surface area contributed by atoms with E-state index in [4.69, 9.17) is 9.52 Å². The van der Waals surface area contributed by atoms with Crippen molar-refractivity contribution in [1.82, 2.24) is 25.3 Å². The van der Waals surface area contributed by atoms with E-state index in [0.29, 0.717) is 18.3 Å². The van der Waals surface area contributed by atoms with Crippen LogP contribution in [-0.2, 0) is 6.54 Å². The van der Waals surface area contributed by atoms with Gasteiger partial charge in [-0.25, -0.2) is 4.99 Å². The van der Waals surface area contributed by atoms with E-state index >= 15 is 0 Å². The first kappa shape index (κ1) is 20.1. The number of hydrogen-bond donors (Lipinski definition) is 1. The van der Waals surface area contributed by atoms with Crippen LogP contribution in [0.5, 0.6) is 0 Å². The number of rotatable bonds is 5. The molecule has 1 aliphatic heterocycles. The van der Waals surface area contributed by atoms with E-state index in [1.54, 1.807) is 6.92 Å². The van der Waals surface area contributed by atoms with Gasteiger partial charge in [0.2, 0.25) is 5.89 Å². The molecule has 2 aliphatic rings. The lowest BCUT2D eigenvalue weighted by Crippen LogP contribution is -2.55. The standard InChI is InChI=1S/C20H36N6O/c1-5-21-20(22-14-19-23-16(4)27-24-19)26-12-10-25(11-13-26)18-8-6-17(7-9-18)15(2)3/h15,17-18H,5-14H2,1-4H3,(H,21,22). The zero-order chi connectivity index (χ0) is 19.2. The third-order valence-corrected chi connectivity index (χ3v) is 6.09. The van der Waals surface area contributed by atoms with Gasteiger partial charge in [-0.3, -0.25) is 4.90 Å². The van der Waals surface area contributed by atoms with Gasteiger partial charge in [0.1, 0.15) is 6.54 Å². The molecule has 2 fully saturated rings. The van der Waals surface area contributed by atoms with Crippen LogP contribution in [0.1, 0.15) is 58.2 Å². The molecule has 27 heavy (non-hydrogen) atoms. The second-order valence-electron chi connectivity index (χ2n) is 8.24. The highest BCUT2D eigenvalue weighted by molar-refractivity contribution is 5.80. The van der Waals surface area contributed by atoms with Crippen molar-refractivity contribution in [2.24, 2.45) is 16.8 Å². The molecule has 0 bridgehead atoms. The second kappa shape index (κ2) is 9.53.